The Bertz CT molecular complexity index is 157. The quantitative estimate of drug-likeness (QED) is 0.616. The molecule has 0 spiro atoms. The summed E-state index contributed by atoms with van der Waals surface area (Å²) in [6, 6.07) is 0.261. The molecule has 0 aliphatic heterocycles. The first kappa shape index (κ1) is 13.4. The minimum Gasteiger partial charge on any atom is -0.396 e. The van der Waals surface area contributed by atoms with Gasteiger partial charge in [0.2, 0.25) is 5.91 Å². The van der Waals surface area contributed by atoms with Crippen LogP contribution in [0.3, 0.4) is 0 Å². The van der Waals surface area contributed by atoms with E-state index in [1.807, 2.05) is 6.92 Å². The Balaban J connectivity index is 3.50. The lowest BCUT2D eigenvalue weighted by molar-refractivity contribution is -0.121. The first-order valence-electron chi connectivity index (χ1n) is 5.46. The summed E-state index contributed by atoms with van der Waals surface area (Å²) in [5.41, 5.74) is 0. The van der Waals surface area contributed by atoms with Crippen molar-refractivity contribution in [3.05, 3.63) is 0 Å². The van der Waals surface area contributed by atoms with E-state index in [1.54, 1.807) is 0 Å². The monoisotopic (exact) mass is 201 g/mol. The molecule has 0 bridgehead atoms. The molecule has 14 heavy (non-hydrogen) atoms. The van der Waals surface area contributed by atoms with E-state index >= 15 is 0 Å². The summed E-state index contributed by atoms with van der Waals surface area (Å²) in [7, 11) is 0. The second-order valence-corrected chi connectivity index (χ2v) is 4.28. The third-order valence-corrected chi connectivity index (χ3v) is 2.04. The van der Waals surface area contributed by atoms with Crippen LogP contribution in [0, 0.1) is 5.92 Å². The summed E-state index contributed by atoms with van der Waals surface area (Å²) in [6.07, 6.45) is 3.04. The van der Waals surface area contributed by atoms with Crippen molar-refractivity contribution in [2.75, 3.05) is 6.61 Å². The van der Waals surface area contributed by atoms with Gasteiger partial charge in [-0.05, 0) is 32.1 Å². The Morgan fingerprint density at radius 1 is 1.29 bits per heavy atom. The minimum atomic E-state index is 0.103. The van der Waals surface area contributed by atoms with Crippen molar-refractivity contribution in [3.8, 4) is 0 Å². The van der Waals surface area contributed by atoms with Crippen molar-refractivity contribution >= 4 is 5.91 Å². The van der Waals surface area contributed by atoms with Crippen molar-refractivity contribution in [1.29, 1.82) is 0 Å². The van der Waals surface area contributed by atoms with Gasteiger partial charge < -0.3 is 10.4 Å². The predicted molar refractivity (Wildman–Crippen MR) is 58.0 cm³/mol. The molecule has 2 N–H and O–H groups in total. The molecule has 0 saturated carbocycles. The Morgan fingerprint density at radius 3 is 2.43 bits per heavy atom. The van der Waals surface area contributed by atoms with Crippen LogP contribution in [0.4, 0.5) is 0 Å². The fraction of sp³-hybridized carbons (Fsp3) is 0.909. The van der Waals surface area contributed by atoms with Crippen molar-refractivity contribution in [2.45, 2.75) is 52.5 Å². The van der Waals surface area contributed by atoms with Gasteiger partial charge in [0.05, 0.1) is 0 Å². The number of hydrogen-bond acceptors (Lipinski definition) is 2. The molecule has 1 amide bonds. The number of nitrogens with one attached hydrogen (secondary N) is 1. The molecule has 84 valence electrons. The second kappa shape index (κ2) is 7.80. The summed E-state index contributed by atoms with van der Waals surface area (Å²) in [5.74, 6) is 0.717. The summed E-state index contributed by atoms with van der Waals surface area (Å²) in [5, 5.41) is 11.5. The highest BCUT2D eigenvalue weighted by molar-refractivity contribution is 5.76. The zero-order valence-electron chi connectivity index (χ0n) is 9.55. The van der Waals surface area contributed by atoms with Crippen LogP contribution in [0.15, 0.2) is 0 Å². The molecule has 0 radical (unpaired) electrons. The van der Waals surface area contributed by atoms with Crippen molar-refractivity contribution < 1.29 is 9.90 Å². The van der Waals surface area contributed by atoms with Crippen LogP contribution in [-0.4, -0.2) is 23.7 Å². The van der Waals surface area contributed by atoms with Crippen molar-refractivity contribution in [3.63, 3.8) is 0 Å². The SMILES string of the molecule is CC(C)CC(C)NC(=O)CCCCO. The fourth-order valence-electron chi connectivity index (χ4n) is 1.51. The summed E-state index contributed by atoms with van der Waals surface area (Å²) < 4.78 is 0. The summed E-state index contributed by atoms with van der Waals surface area (Å²) in [4.78, 5) is 11.3. The highest BCUT2D eigenvalue weighted by Gasteiger charge is 2.08. The van der Waals surface area contributed by atoms with Gasteiger partial charge in [0, 0.05) is 19.1 Å². The molecule has 0 aliphatic carbocycles. The van der Waals surface area contributed by atoms with Gasteiger partial charge in [0.1, 0.15) is 0 Å². The maximum Gasteiger partial charge on any atom is 0.220 e. The standard InChI is InChI=1S/C11H23NO2/c1-9(2)8-10(3)12-11(14)6-4-5-7-13/h9-10,13H,4-8H2,1-3H3,(H,12,14). The molecule has 0 aromatic carbocycles. The topological polar surface area (TPSA) is 49.3 Å². The van der Waals surface area contributed by atoms with Crippen LogP contribution in [-0.2, 0) is 4.79 Å². The Hall–Kier alpha value is -0.570. The number of unbranched alkanes of at least 4 members (excludes halogenated alkanes) is 1. The normalized spacial score (nSPS) is 12.9. The third-order valence-electron chi connectivity index (χ3n) is 2.04. The fourth-order valence-corrected chi connectivity index (χ4v) is 1.51. The molecule has 0 aliphatic rings. The number of aliphatic hydroxyl groups is 1. The van der Waals surface area contributed by atoms with Gasteiger partial charge in [0.25, 0.3) is 0 Å². The zero-order valence-corrected chi connectivity index (χ0v) is 9.55. The Morgan fingerprint density at radius 2 is 1.93 bits per heavy atom. The lowest BCUT2D eigenvalue weighted by atomic mass is 10.1. The molecular formula is C11H23NO2. The van der Waals surface area contributed by atoms with E-state index < -0.39 is 0 Å². The largest absolute Gasteiger partial charge is 0.396 e. The van der Waals surface area contributed by atoms with E-state index in [4.69, 9.17) is 5.11 Å². The third kappa shape index (κ3) is 8.05. The van der Waals surface area contributed by atoms with Crippen LogP contribution in [0.5, 0.6) is 0 Å². The number of rotatable bonds is 7. The van der Waals surface area contributed by atoms with Gasteiger partial charge in [0.15, 0.2) is 0 Å². The predicted octanol–water partition coefficient (Wildman–Crippen LogP) is 1.70. The van der Waals surface area contributed by atoms with Crippen LogP contribution in [0.1, 0.15) is 46.5 Å². The molecule has 0 heterocycles. The molecule has 3 nitrogen and oxygen atoms in total. The van der Waals surface area contributed by atoms with Gasteiger partial charge in [-0.15, -0.1) is 0 Å². The average Bonchev–Trinajstić information content (AvgIpc) is 2.02. The number of carbonyl (C=O) groups is 1. The van der Waals surface area contributed by atoms with E-state index in [0.717, 1.165) is 12.8 Å². The number of carbonyl (C=O) groups excluding carboxylic acids is 1. The molecule has 0 aromatic rings. The van der Waals surface area contributed by atoms with E-state index in [2.05, 4.69) is 19.2 Å². The van der Waals surface area contributed by atoms with Crippen LogP contribution in [0.2, 0.25) is 0 Å². The molecule has 0 saturated heterocycles. The highest BCUT2D eigenvalue weighted by atomic mass is 16.2. The van der Waals surface area contributed by atoms with Crippen LogP contribution < -0.4 is 5.32 Å². The number of hydrogen-bond donors (Lipinski definition) is 2. The van der Waals surface area contributed by atoms with Gasteiger partial charge in [-0.25, -0.2) is 0 Å². The molecule has 3 heteroatoms. The van der Waals surface area contributed by atoms with Gasteiger partial charge >= 0.3 is 0 Å². The zero-order chi connectivity index (χ0) is 11.0. The second-order valence-electron chi connectivity index (χ2n) is 4.28. The van der Waals surface area contributed by atoms with Crippen molar-refractivity contribution in [2.24, 2.45) is 5.92 Å². The minimum absolute atomic E-state index is 0.103. The van der Waals surface area contributed by atoms with E-state index in [0.29, 0.717) is 18.8 Å². The van der Waals surface area contributed by atoms with Gasteiger partial charge in [-0.3, -0.25) is 4.79 Å². The van der Waals surface area contributed by atoms with Crippen LogP contribution in [0.25, 0.3) is 0 Å². The van der Waals surface area contributed by atoms with E-state index in [1.165, 1.54) is 0 Å². The molecule has 1 atom stereocenters. The first-order chi connectivity index (χ1) is 6.56. The lowest BCUT2D eigenvalue weighted by Gasteiger charge is -2.15. The average molecular weight is 201 g/mol. The highest BCUT2D eigenvalue weighted by Crippen LogP contribution is 2.04. The smallest absolute Gasteiger partial charge is 0.220 e. The lowest BCUT2D eigenvalue weighted by Crippen LogP contribution is -2.33. The first-order valence-corrected chi connectivity index (χ1v) is 5.46. The van der Waals surface area contributed by atoms with Crippen molar-refractivity contribution in [1.82, 2.24) is 5.32 Å². The Kier molecular flexibility index (Phi) is 7.48. The maximum atomic E-state index is 11.3. The molecular weight excluding hydrogens is 178 g/mol. The maximum absolute atomic E-state index is 11.3. The molecule has 0 rings (SSSR count). The van der Waals surface area contributed by atoms with E-state index in [9.17, 15) is 4.79 Å². The Labute approximate surface area is 86.9 Å². The molecule has 0 aromatic heterocycles. The van der Waals surface area contributed by atoms with Gasteiger partial charge in [-0.2, -0.15) is 0 Å². The van der Waals surface area contributed by atoms with Crippen LogP contribution >= 0.6 is 0 Å². The molecule has 0 fully saturated rings. The van der Waals surface area contributed by atoms with E-state index in [-0.39, 0.29) is 18.6 Å². The number of amides is 1. The summed E-state index contributed by atoms with van der Waals surface area (Å²) in [6.45, 7) is 6.50. The number of aliphatic hydroxyl groups excluding tert-OH is 1. The summed E-state index contributed by atoms with van der Waals surface area (Å²) >= 11 is 0. The van der Waals surface area contributed by atoms with Gasteiger partial charge in [-0.1, -0.05) is 13.8 Å². The molecule has 1 unspecified atom stereocenters.